The molecule has 1 saturated heterocycles. The van der Waals surface area contributed by atoms with Crippen LogP contribution in [0.1, 0.15) is 43.6 Å². The zero-order chi connectivity index (χ0) is 18.4. The molecule has 0 radical (unpaired) electrons. The molecular formula is C19H32N6O. The molecule has 0 spiro atoms. The second-order valence-corrected chi connectivity index (χ2v) is 7.33. The first-order valence-corrected chi connectivity index (χ1v) is 9.90. The largest absolute Gasteiger partial charge is 0.359 e. The van der Waals surface area contributed by atoms with Crippen LogP contribution in [-0.4, -0.2) is 60.0 Å². The second kappa shape index (κ2) is 9.05. The smallest absolute Gasteiger partial charge is 0.220 e. The van der Waals surface area contributed by atoms with E-state index in [4.69, 9.17) is 4.98 Å². The van der Waals surface area contributed by atoms with Gasteiger partial charge in [-0.1, -0.05) is 0 Å². The number of likely N-dealkylation sites (tertiary alicyclic amines) is 1. The molecule has 0 atom stereocenters. The first kappa shape index (κ1) is 18.7. The molecule has 144 valence electrons. The van der Waals surface area contributed by atoms with Crippen molar-refractivity contribution in [3.63, 3.8) is 0 Å². The van der Waals surface area contributed by atoms with Crippen molar-refractivity contribution in [2.24, 2.45) is 10.9 Å². The molecule has 7 heteroatoms. The minimum Gasteiger partial charge on any atom is -0.359 e. The summed E-state index contributed by atoms with van der Waals surface area (Å²) in [7, 11) is 3.55. The summed E-state index contributed by atoms with van der Waals surface area (Å²) in [5, 5.41) is 6.20. The highest BCUT2D eigenvalue weighted by atomic mass is 16.1. The van der Waals surface area contributed by atoms with E-state index in [1.165, 1.54) is 24.4 Å². The molecule has 0 bridgehead atoms. The normalized spacial score (nSPS) is 18.5. The van der Waals surface area contributed by atoms with Crippen LogP contribution in [0.4, 0.5) is 0 Å². The maximum absolute atomic E-state index is 11.5. The van der Waals surface area contributed by atoms with Gasteiger partial charge in [-0.3, -0.25) is 9.79 Å². The third-order valence-corrected chi connectivity index (χ3v) is 5.50. The molecule has 26 heavy (non-hydrogen) atoms. The standard InChI is InChI=1S/C19H32N6O/c1-20-18(26)13-15-7-11-24(12-8-15)19(21-2)22-9-6-16-14-25-10-4-3-5-17(25)23-16/h14-15H,3-13H2,1-2H3,(H,20,26)(H,21,22). The second-order valence-electron chi connectivity index (χ2n) is 7.33. The van der Waals surface area contributed by atoms with Crippen LogP contribution in [-0.2, 0) is 24.2 Å². The molecule has 0 aromatic carbocycles. The Morgan fingerprint density at radius 1 is 1.31 bits per heavy atom. The number of imidazole rings is 1. The lowest BCUT2D eigenvalue weighted by Crippen LogP contribution is -2.46. The van der Waals surface area contributed by atoms with Crippen molar-refractivity contribution in [1.82, 2.24) is 25.1 Å². The Kier molecular flexibility index (Phi) is 6.52. The lowest BCUT2D eigenvalue weighted by atomic mass is 9.93. The van der Waals surface area contributed by atoms with Gasteiger partial charge in [0.05, 0.1) is 5.69 Å². The Balaban J connectivity index is 1.42. The summed E-state index contributed by atoms with van der Waals surface area (Å²) in [6.07, 6.45) is 9.50. The van der Waals surface area contributed by atoms with E-state index < -0.39 is 0 Å². The van der Waals surface area contributed by atoms with Crippen LogP contribution < -0.4 is 10.6 Å². The van der Waals surface area contributed by atoms with Gasteiger partial charge in [0.25, 0.3) is 0 Å². The third kappa shape index (κ3) is 4.77. The lowest BCUT2D eigenvalue weighted by molar-refractivity contribution is -0.121. The molecule has 2 aliphatic rings. The molecule has 3 rings (SSSR count). The van der Waals surface area contributed by atoms with Crippen molar-refractivity contribution in [3.8, 4) is 0 Å². The Hall–Kier alpha value is -2.05. The summed E-state index contributed by atoms with van der Waals surface area (Å²) in [4.78, 5) is 23.0. The number of amides is 1. The van der Waals surface area contributed by atoms with Crippen LogP contribution in [0.3, 0.4) is 0 Å². The molecule has 1 amide bonds. The number of aromatic nitrogens is 2. The highest BCUT2D eigenvalue weighted by Gasteiger charge is 2.23. The van der Waals surface area contributed by atoms with Gasteiger partial charge in [-0.15, -0.1) is 0 Å². The zero-order valence-corrected chi connectivity index (χ0v) is 16.1. The number of carbonyl (C=O) groups excluding carboxylic acids is 1. The van der Waals surface area contributed by atoms with Crippen molar-refractivity contribution in [3.05, 3.63) is 17.7 Å². The SMILES string of the molecule is CN=C(NCCc1cn2c(n1)CCCC2)N1CCC(CC(=O)NC)CC1. The molecule has 1 aromatic heterocycles. The first-order valence-electron chi connectivity index (χ1n) is 9.90. The Morgan fingerprint density at radius 3 is 2.81 bits per heavy atom. The fraction of sp³-hybridized carbons (Fsp3) is 0.737. The van der Waals surface area contributed by atoms with Gasteiger partial charge in [-0.2, -0.15) is 0 Å². The zero-order valence-electron chi connectivity index (χ0n) is 16.1. The minimum atomic E-state index is 0.147. The summed E-state index contributed by atoms with van der Waals surface area (Å²) in [5.41, 5.74) is 1.18. The van der Waals surface area contributed by atoms with Crippen LogP contribution in [0.15, 0.2) is 11.2 Å². The number of aryl methyl sites for hydroxylation is 2. The van der Waals surface area contributed by atoms with Crippen LogP contribution in [0.5, 0.6) is 0 Å². The Bertz CT molecular complexity index is 606. The van der Waals surface area contributed by atoms with Crippen LogP contribution in [0.25, 0.3) is 0 Å². The minimum absolute atomic E-state index is 0.147. The molecule has 2 N–H and O–H groups in total. The van der Waals surface area contributed by atoms with Gasteiger partial charge in [-0.25, -0.2) is 4.98 Å². The number of nitrogens with zero attached hydrogens (tertiary/aromatic N) is 4. The van der Waals surface area contributed by atoms with Gasteiger partial charge in [0.1, 0.15) is 5.82 Å². The number of nitrogens with one attached hydrogen (secondary N) is 2. The quantitative estimate of drug-likeness (QED) is 0.611. The number of aliphatic imine (C=N–C) groups is 1. The van der Waals surface area contributed by atoms with E-state index in [1.807, 2.05) is 7.05 Å². The molecule has 2 aliphatic heterocycles. The van der Waals surface area contributed by atoms with E-state index >= 15 is 0 Å². The predicted octanol–water partition coefficient (Wildman–Crippen LogP) is 1.19. The molecule has 0 aliphatic carbocycles. The van der Waals surface area contributed by atoms with Gasteiger partial charge in [-0.05, 0) is 31.6 Å². The van der Waals surface area contributed by atoms with E-state index in [-0.39, 0.29) is 5.91 Å². The molecule has 3 heterocycles. The summed E-state index contributed by atoms with van der Waals surface area (Å²) in [6.45, 7) is 3.88. The number of hydrogen-bond donors (Lipinski definition) is 2. The number of fused-ring (bicyclic) bond motifs is 1. The number of rotatable bonds is 5. The highest BCUT2D eigenvalue weighted by Crippen LogP contribution is 2.20. The molecule has 7 nitrogen and oxygen atoms in total. The first-order chi connectivity index (χ1) is 12.7. The monoisotopic (exact) mass is 360 g/mol. The van der Waals surface area contributed by atoms with Crippen molar-refractivity contribution in [1.29, 1.82) is 0 Å². The van der Waals surface area contributed by atoms with Crippen LogP contribution in [0.2, 0.25) is 0 Å². The van der Waals surface area contributed by atoms with Crippen LogP contribution in [0, 0.1) is 5.92 Å². The lowest BCUT2D eigenvalue weighted by Gasteiger charge is -2.34. The molecule has 1 fully saturated rings. The van der Waals surface area contributed by atoms with Crippen molar-refractivity contribution < 1.29 is 4.79 Å². The van der Waals surface area contributed by atoms with Crippen molar-refractivity contribution in [2.45, 2.75) is 51.5 Å². The third-order valence-electron chi connectivity index (χ3n) is 5.50. The fourth-order valence-electron chi connectivity index (χ4n) is 3.94. The van der Waals surface area contributed by atoms with E-state index in [2.05, 4.69) is 31.3 Å². The molecule has 0 unspecified atom stereocenters. The van der Waals surface area contributed by atoms with Crippen molar-refractivity contribution >= 4 is 11.9 Å². The Morgan fingerprint density at radius 2 is 2.12 bits per heavy atom. The topological polar surface area (TPSA) is 74.5 Å². The van der Waals surface area contributed by atoms with Gasteiger partial charge >= 0.3 is 0 Å². The fourth-order valence-corrected chi connectivity index (χ4v) is 3.94. The van der Waals surface area contributed by atoms with Crippen LogP contribution >= 0.6 is 0 Å². The van der Waals surface area contributed by atoms with Gasteiger partial charge in [0, 0.05) is 65.7 Å². The molecule has 1 aromatic rings. The summed E-state index contributed by atoms with van der Waals surface area (Å²) in [5.74, 6) is 2.84. The number of carbonyl (C=O) groups is 1. The molecular weight excluding hydrogens is 328 g/mol. The number of hydrogen-bond acceptors (Lipinski definition) is 3. The van der Waals surface area contributed by atoms with E-state index in [0.29, 0.717) is 12.3 Å². The summed E-state index contributed by atoms with van der Waals surface area (Å²) >= 11 is 0. The van der Waals surface area contributed by atoms with Gasteiger partial charge < -0.3 is 20.1 Å². The maximum Gasteiger partial charge on any atom is 0.220 e. The number of guanidine groups is 1. The van der Waals surface area contributed by atoms with Crippen molar-refractivity contribution in [2.75, 3.05) is 33.7 Å². The van der Waals surface area contributed by atoms with E-state index in [9.17, 15) is 4.79 Å². The number of piperidine rings is 1. The Labute approximate surface area is 156 Å². The van der Waals surface area contributed by atoms with Gasteiger partial charge in [0.15, 0.2) is 5.96 Å². The predicted molar refractivity (Wildman–Crippen MR) is 103 cm³/mol. The van der Waals surface area contributed by atoms with Gasteiger partial charge in [0.2, 0.25) is 5.91 Å². The summed E-state index contributed by atoms with van der Waals surface area (Å²) in [6, 6.07) is 0. The molecule has 0 saturated carbocycles. The van der Waals surface area contributed by atoms with E-state index in [0.717, 1.165) is 57.8 Å². The average molecular weight is 361 g/mol. The summed E-state index contributed by atoms with van der Waals surface area (Å²) < 4.78 is 2.31. The van der Waals surface area contributed by atoms with E-state index in [1.54, 1.807) is 7.05 Å². The maximum atomic E-state index is 11.5. The average Bonchev–Trinajstić information content (AvgIpc) is 3.09. The highest BCUT2D eigenvalue weighted by molar-refractivity contribution is 5.80.